The highest BCUT2D eigenvalue weighted by atomic mass is 14.7. The van der Waals surface area contributed by atoms with Crippen LogP contribution in [0.4, 0.5) is 0 Å². The Kier molecular flexibility index (Phi) is 6.14. The van der Waals surface area contributed by atoms with Crippen molar-refractivity contribution in [2.24, 2.45) is 52.3 Å². The lowest BCUT2D eigenvalue weighted by atomic mass is 9.44. The van der Waals surface area contributed by atoms with E-state index in [2.05, 4.69) is 39.5 Å². The molecule has 0 spiro atoms. The second-order valence-corrected chi connectivity index (χ2v) is 12.7. The summed E-state index contributed by atoms with van der Waals surface area (Å²) in [5.74, 6) is 6.54. The van der Waals surface area contributed by atoms with Crippen LogP contribution in [0, 0.1) is 58.8 Å². The van der Waals surface area contributed by atoms with Crippen LogP contribution < -0.4 is 0 Å². The van der Waals surface area contributed by atoms with Gasteiger partial charge in [-0.1, -0.05) is 53.9 Å². The van der Waals surface area contributed by atoms with Gasteiger partial charge in [0.05, 0.1) is 0 Å². The molecule has 4 aliphatic carbocycles. The van der Waals surface area contributed by atoms with Crippen LogP contribution in [0.1, 0.15) is 112 Å². The molecule has 0 bridgehead atoms. The van der Waals surface area contributed by atoms with Crippen LogP contribution >= 0.6 is 0 Å². The van der Waals surface area contributed by atoms with Crippen molar-refractivity contribution in [1.82, 2.24) is 0 Å². The molecule has 4 rings (SSSR count). The molecule has 4 aliphatic rings. The maximum atomic E-state index is 7.53. The Morgan fingerprint density at radius 2 is 1.59 bits per heavy atom. The standard InChI is InChI=1S/C28H47N/c1-19(2)8-7-9-20(3)24-12-13-25-23-11-10-21-18-22(29-6)14-16-27(21,4)26(23)15-17-28(24,25)5/h19-26H,7-18H2,1-5H3/t20-,21+,22?,23+,24-,25+,26+,27+,28-/m1/s1. The van der Waals surface area contributed by atoms with Gasteiger partial charge in [0.1, 0.15) is 0 Å². The Hall–Kier alpha value is -0.510. The third-order valence-electron chi connectivity index (χ3n) is 11.0. The Balaban J connectivity index is 1.46. The summed E-state index contributed by atoms with van der Waals surface area (Å²) in [6, 6.07) is 0.334. The third-order valence-corrected chi connectivity index (χ3v) is 11.0. The lowest BCUT2D eigenvalue weighted by Gasteiger charge is -2.60. The molecule has 0 heterocycles. The number of hydrogen-bond acceptors (Lipinski definition) is 0. The SMILES string of the molecule is [C-]#[N+]C1CC[C@@]2(C)[C@@H](CC[C@@H]3[C@@H]2CC[C@]2(C)[C@@H]([C@H](C)CCCC(C)C)CC[C@@H]32)C1. The summed E-state index contributed by atoms with van der Waals surface area (Å²) >= 11 is 0. The van der Waals surface area contributed by atoms with Gasteiger partial charge in [-0.3, -0.25) is 0 Å². The van der Waals surface area contributed by atoms with Gasteiger partial charge in [0.2, 0.25) is 6.04 Å². The highest BCUT2D eigenvalue weighted by Crippen LogP contribution is 2.68. The minimum absolute atomic E-state index is 0.334. The maximum Gasteiger partial charge on any atom is 0.224 e. The fourth-order valence-electron chi connectivity index (χ4n) is 9.38. The van der Waals surface area contributed by atoms with Crippen LogP contribution in [0.25, 0.3) is 4.85 Å². The van der Waals surface area contributed by atoms with Crippen molar-refractivity contribution in [3.63, 3.8) is 0 Å². The number of fused-ring (bicyclic) bond motifs is 5. The molecule has 0 radical (unpaired) electrons. The number of nitrogens with zero attached hydrogens (tertiary/aromatic N) is 1. The molecule has 0 saturated heterocycles. The van der Waals surface area contributed by atoms with Crippen molar-refractivity contribution < 1.29 is 0 Å². The normalized spacial score (nSPS) is 47.8. The molecule has 0 aromatic rings. The van der Waals surface area contributed by atoms with E-state index in [0.717, 1.165) is 41.4 Å². The van der Waals surface area contributed by atoms with Crippen LogP contribution in [0.3, 0.4) is 0 Å². The molecule has 29 heavy (non-hydrogen) atoms. The second-order valence-electron chi connectivity index (χ2n) is 12.7. The first-order chi connectivity index (χ1) is 13.8. The molecule has 0 aliphatic heterocycles. The summed E-state index contributed by atoms with van der Waals surface area (Å²) < 4.78 is 0. The quantitative estimate of drug-likeness (QED) is 0.410. The zero-order chi connectivity index (χ0) is 20.8. The maximum absolute atomic E-state index is 7.53. The fraction of sp³-hybridized carbons (Fsp3) is 0.964. The fourth-order valence-corrected chi connectivity index (χ4v) is 9.38. The second kappa shape index (κ2) is 8.20. The first kappa shape index (κ1) is 21.7. The highest BCUT2D eigenvalue weighted by molar-refractivity contribution is 5.10. The average molecular weight is 398 g/mol. The lowest BCUT2D eigenvalue weighted by molar-refractivity contribution is -0.115. The molecule has 9 atom stereocenters. The molecule has 4 fully saturated rings. The van der Waals surface area contributed by atoms with E-state index >= 15 is 0 Å². The summed E-state index contributed by atoms with van der Waals surface area (Å²) in [7, 11) is 0. The van der Waals surface area contributed by atoms with E-state index in [0.29, 0.717) is 16.9 Å². The van der Waals surface area contributed by atoms with Crippen LogP contribution in [0.5, 0.6) is 0 Å². The van der Waals surface area contributed by atoms with Gasteiger partial charge in [-0.2, -0.15) is 0 Å². The molecule has 0 aromatic heterocycles. The molecular formula is C28H47N. The number of hydrogen-bond donors (Lipinski definition) is 0. The van der Waals surface area contributed by atoms with Crippen molar-refractivity contribution in [3.8, 4) is 0 Å². The third kappa shape index (κ3) is 3.70. The summed E-state index contributed by atoms with van der Waals surface area (Å²) in [6.07, 6.45) is 16.9. The minimum atomic E-state index is 0.334. The van der Waals surface area contributed by atoms with Gasteiger partial charge >= 0.3 is 0 Å². The predicted molar refractivity (Wildman–Crippen MR) is 123 cm³/mol. The van der Waals surface area contributed by atoms with Gasteiger partial charge in [-0.15, -0.1) is 0 Å². The van der Waals surface area contributed by atoms with Crippen LogP contribution in [-0.4, -0.2) is 6.04 Å². The van der Waals surface area contributed by atoms with Gasteiger partial charge in [0, 0.05) is 12.8 Å². The number of rotatable bonds is 5. The minimum Gasteiger partial charge on any atom is -0.314 e. The molecular weight excluding hydrogens is 350 g/mol. The predicted octanol–water partition coefficient (Wildman–Crippen LogP) is 8.40. The van der Waals surface area contributed by atoms with E-state index in [1.807, 2.05) is 0 Å². The van der Waals surface area contributed by atoms with Gasteiger partial charge in [0.25, 0.3) is 0 Å². The molecule has 4 saturated carbocycles. The summed E-state index contributed by atoms with van der Waals surface area (Å²) in [6.45, 7) is 20.2. The zero-order valence-electron chi connectivity index (χ0n) is 20.1. The topological polar surface area (TPSA) is 4.36 Å². The van der Waals surface area contributed by atoms with E-state index in [9.17, 15) is 0 Å². The smallest absolute Gasteiger partial charge is 0.224 e. The molecule has 1 nitrogen and oxygen atoms in total. The van der Waals surface area contributed by atoms with Crippen LogP contribution in [0.2, 0.25) is 0 Å². The van der Waals surface area contributed by atoms with Crippen molar-refractivity contribution in [2.75, 3.05) is 0 Å². The van der Waals surface area contributed by atoms with Crippen molar-refractivity contribution in [3.05, 3.63) is 11.4 Å². The van der Waals surface area contributed by atoms with Gasteiger partial charge in [-0.05, 0) is 97.2 Å². The zero-order valence-corrected chi connectivity index (χ0v) is 20.1. The highest BCUT2D eigenvalue weighted by Gasteiger charge is 2.60. The molecule has 0 N–H and O–H groups in total. The molecule has 1 heteroatoms. The van der Waals surface area contributed by atoms with E-state index < -0.39 is 0 Å². The first-order valence-corrected chi connectivity index (χ1v) is 13.2. The van der Waals surface area contributed by atoms with Crippen molar-refractivity contribution in [2.45, 2.75) is 118 Å². The summed E-state index contributed by atoms with van der Waals surface area (Å²) in [4.78, 5) is 3.95. The van der Waals surface area contributed by atoms with E-state index in [4.69, 9.17) is 6.57 Å². The lowest BCUT2D eigenvalue weighted by Crippen LogP contribution is -2.54. The first-order valence-electron chi connectivity index (χ1n) is 13.2. The van der Waals surface area contributed by atoms with Crippen LogP contribution in [-0.2, 0) is 0 Å². The van der Waals surface area contributed by atoms with Crippen molar-refractivity contribution in [1.29, 1.82) is 0 Å². The van der Waals surface area contributed by atoms with E-state index in [1.54, 1.807) is 0 Å². The summed E-state index contributed by atoms with van der Waals surface area (Å²) in [5.41, 5.74) is 1.17. The van der Waals surface area contributed by atoms with E-state index in [1.165, 1.54) is 77.0 Å². The monoisotopic (exact) mass is 397 g/mol. The van der Waals surface area contributed by atoms with Crippen LogP contribution in [0.15, 0.2) is 0 Å². The van der Waals surface area contributed by atoms with Gasteiger partial charge in [0.15, 0.2) is 0 Å². The summed E-state index contributed by atoms with van der Waals surface area (Å²) in [5, 5.41) is 0. The molecule has 0 aromatic carbocycles. The molecule has 0 amide bonds. The average Bonchev–Trinajstić information content (AvgIpc) is 3.04. The Bertz CT molecular complexity index is 616. The Labute approximate surface area is 181 Å². The van der Waals surface area contributed by atoms with Gasteiger partial charge in [-0.25, -0.2) is 6.57 Å². The Morgan fingerprint density at radius 3 is 2.31 bits per heavy atom. The Morgan fingerprint density at radius 1 is 0.862 bits per heavy atom. The van der Waals surface area contributed by atoms with E-state index in [-0.39, 0.29) is 0 Å². The largest absolute Gasteiger partial charge is 0.314 e. The molecule has 164 valence electrons. The molecule has 1 unspecified atom stereocenters. The van der Waals surface area contributed by atoms with Crippen molar-refractivity contribution >= 4 is 0 Å². The van der Waals surface area contributed by atoms with Gasteiger partial charge < -0.3 is 4.85 Å².